The number of aliphatic carboxylic acids is 1. The summed E-state index contributed by atoms with van der Waals surface area (Å²) >= 11 is 0. The average molecular weight is 211 g/mol. The molecule has 0 saturated heterocycles. The van der Waals surface area contributed by atoms with Crippen molar-refractivity contribution in [2.24, 2.45) is 23.2 Å². The van der Waals surface area contributed by atoms with Crippen molar-refractivity contribution in [3.8, 4) is 0 Å². The minimum absolute atomic E-state index is 0.0786. The van der Waals surface area contributed by atoms with Crippen molar-refractivity contribution in [1.29, 1.82) is 0 Å². The van der Waals surface area contributed by atoms with Crippen molar-refractivity contribution >= 4 is 11.9 Å². The number of carboxylic acid groups (broad SMARTS) is 1. The van der Waals surface area contributed by atoms with Gasteiger partial charge in [-0.15, -0.1) is 0 Å². The molecule has 2 N–H and O–H groups in total. The van der Waals surface area contributed by atoms with Crippen LogP contribution in [0.25, 0.3) is 0 Å². The van der Waals surface area contributed by atoms with Crippen LogP contribution in [0.5, 0.6) is 0 Å². The van der Waals surface area contributed by atoms with Gasteiger partial charge in [-0.25, -0.2) is 0 Å². The molecule has 0 aromatic rings. The second-order valence-electron chi connectivity index (χ2n) is 5.42. The second-order valence-corrected chi connectivity index (χ2v) is 5.42. The molecule has 2 aliphatic rings. The van der Waals surface area contributed by atoms with Crippen molar-refractivity contribution in [2.45, 2.75) is 26.7 Å². The lowest BCUT2D eigenvalue weighted by Crippen LogP contribution is -2.29. The van der Waals surface area contributed by atoms with E-state index >= 15 is 0 Å². The summed E-state index contributed by atoms with van der Waals surface area (Å²) in [5.41, 5.74) is 0.364. The van der Waals surface area contributed by atoms with Crippen molar-refractivity contribution in [1.82, 2.24) is 5.32 Å². The zero-order valence-corrected chi connectivity index (χ0v) is 9.12. The van der Waals surface area contributed by atoms with E-state index in [0.717, 1.165) is 6.42 Å². The first kappa shape index (κ1) is 10.5. The molecule has 4 nitrogen and oxygen atoms in total. The van der Waals surface area contributed by atoms with E-state index in [1.54, 1.807) is 0 Å². The largest absolute Gasteiger partial charge is 0.481 e. The van der Waals surface area contributed by atoms with Gasteiger partial charge < -0.3 is 10.4 Å². The second kappa shape index (κ2) is 3.22. The van der Waals surface area contributed by atoms with Gasteiger partial charge in [0.25, 0.3) is 0 Å². The standard InChI is InChI=1S/C11H17NO3/c1-11(2)4-6(11)5-12-9(13)7-3-8(7)10(14)15/h6-8H,3-5H2,1-2H3,(H,12,13)(H,14,15). The maximum absolute atomic E-state index is 11.5. The van der Waals surface area contributed by atoms with E-state index in [9.17, 15) is 9.59 Å². The quantitative estimate of drug-likeness (QED) is 0.725. The summed E-state index contributed by atoms with van der Waals surface area (Å²) in [5.74, 6) is -1.06. The summed E-state index contributed by atoms with van der Waals surface area (Å²) in [6, 6.07) is 0. The molecule has 3 unspecified atom stereocenters. The topological polar surface area (TPSA) is 66.4 Å². The van der Waals surface area contributed by atoms with E-state index in [0.29, 0.717) is 24.3 Å². The van der Waals surface area contributed by atoms with Crippen LogP contribution in [0.15, 0.2) is 0 Å². The van der Waals surface area contributed by atoms with Crippen molar-refractivity contribution in [3.63, 3.8) is 0 Å². The van der Waals surface area contributed by atoms with Gasteiger partial charge in [-0.3, -0.25) is 9.59 Å². The first-order chi connectivity index (χ1) is 6.92. The van der Waals surface area contributed by atoms with Gasteiger partial charge in [0.2, 0.25) is 5.91 Å². The number of nitrogens with one attached hydrogen (secondary N) is 1. The first-order valence-corrected chi connectivity index (χ1v) is 5.42. The molecule has 84 valence electrons. The van der Waals surface area contributed by atoms with Crippen LogP contribution in [-0.4, -0.2) is 23.5 Å². The highest BCUT2D eigenvalue weighted by Gasteiger charge is 2.50. The van der Waals surface area contributed by atoms with E-state index in [4.69, 9.17) is 5.11 Å². The molecule has 2 fully saturated rings. The third kappa shape index (κ3) is 2.13. The molecule has 0 radical (unpaired) electrons. The fourth-order valence-corrected chi connectivity index (χ4v) is 2.04. The Morgan fingerprint density at radius 1 is 1.40 bits per heavy atom. The fraction of sp³-hybridized carbons (Fsp3) is 0.818. The number of hydrogen-bond acceptors (Lipinski definition) is 2. The minimum atomic E-state index is -0.845. The van der Waals surface area contributed by atoms with Crippen LogP contribution in [0.2, 0.25) is 0 Å². The van der Waals surface area contributed by atoms with Gasteiger partial charge in [0.15, 0.2) is 0 Å². The number of hydrogen-bond donors (Lipinski definition) is 2. The molecule has 0 spiro atoms. The van der Waals surface area contributed by atoms with Gasteiger partial charge in [-0.1, -0.05) is 13.8 Å². The maximum atomic E-state index is 11.5. The Balaban J connectivity index is 1.69. The highest BCUT2D eigenvalue weighted by Crippen LogP contribution is 2.51. The monoisotopic (exact) mass is 211 g/mol. The molecule has 4 heteroatoms. The smallest absolute Gasteiger partial charge is 0.307 e. The van der Waals surface area contributed by atoms with Crippen LogP contribution in [0, 0.1) is 23.2 Å². The average Bonchev–Trinajstić information content (AvgIpc) is 2.97. The van der Waals surface area contributed by atoms with Crippen molar-refractivity contribution < 1.29 is 14.7 Å². The summed E-state index contributed by atoms with van der Waals surface area (Å²) in [6.45, 7) is 5.07. The van der Waals surface area contributed by atoms with Crippen LogP contribution in [0.3, 0.4) is 0 Å². The number of carboxylic acids is 1. The summed E-state index contributed by atoms with van der Waals surface area (Å²) in [6.07, 6.45) is 1.66. The third-order valence-electron chi connectivity index (χ3n) is 3.68. The third-order valence-corrected chi connectivity index (χ3v) is 3.68. The molecule has 0 aromatic carbocycles. The molecule has 1 amide bonds. The lowest BCUT2D eigenvalue weighted by molar-refractivity contribution is -0.140. The van der Waals surface area contributed by atoms with Crippen LogP contribution in [-0.2, 0) is 9.59 Å². The van der Waals surface area contributed by atoms with Gasteiger partial charge >= 0.3 is 5.97 Å². The van der Waals surface area contributed by atoms with E-state index < -0.39 is 11.9 Å². The van der Waals surface area contributed by atoms with Gasteiger partial charge in [0.05, 0.1) is 11.8 Å². The lowest BCUT2D eigenvalue weighted by Gasteiger charge is -2.05. The summed E-state index contributed by atoms with van der Waals surface area (Å²) in [7, 11) is 0. The highest BCUT2D eigenvalue weighted by atomic mass is 16.4. The molecule has 3 atom stereocenters. The predicted molar refractivity (Wildman–Crippen MR) is 54.1 cm³/mol. The number of carbonyl (C=O) groups excluding carboxylic acids is 1. The van der Waals surface area contributed by atoms with E-state index in [1.165, 1.54) is 0 Å². The maximum Gasteiger partial charge on any atom is 0.307 e. The molecule has 0 heterocycles. The van der Waals surface area contributed by atoms with Gasteiger partial charge in [0.1, 0.15) is 0 Å². The van der Waals surface area contributed by atoms with Crippen LogP contribution in [0.4, 0.5) is 0 Å². The Morgan fingerprint density at radius 2 is 2.00 bits per heavy atom. The summed E-state index contributed by atoms with van der Waals surface area (Å²) in [5, 5.41) is 11.5. The molecule has 0 aliphatic heterocycles. The molecule has 0 bridgehead atoms. The number of amides is 1. The Kier molecular flexibility index (Phi) is 2.24. The van der Waals surface area contributed by atoms with Gasteiger partial charge in [-0.05, 0) is 24.2 Å². The summed E-state index contributed by atoms with van der Waals surface area (Å²) in [4.78, 5) is 22.0. The molecular formula is C11H17NO3. The predicted octanol–water partition coefficient (Wildman–Crippen LogP) is 0.869. The molecule has 2 aliphatic carbocycles. The highest BCUT2D eigenvalue weighted by molar-refractivity contribution is 5.89. The number of rotatable bonds is 4. The van der Waals surface area contributed by atoms with Gasteiger partial charge in [0, 0.05) is 6.54 Å². The van der Waals surface area contributed by atoms with Crippen LogP contribution >= 0.6 is 0 Å². The molecular weight excluding hydrogens is 194 g/mol. The summed E-state index contributed by atoms with van der Waals surface area (Å²) < 4.78 is 0. The Hall–Kier alpha value is -1.06. The lowest BCUT2D eigenvalue weighted by atomic mass is 10.1. The van der Waals surface area contributed by atoms with E-state index in [-0.39, 0.29) is 11.8 Å². The Labute approximate surface area is 89.0 Å². The molecule has 2 rings (SSSR count). The molecule has 15 heavy (non-hydrogen) atoms. The number of carbonyl (C=O) groups is 2. The van der Waals surface area contributed by atoms with E-state index in [2.05, 4.69) is 19.2 Å². The normalized spacial score (nSPS) is 35.7. The zero-order chi connectivity index (χ0) is 11.2. The van der Waals surface area contributed by atoms with Crippen LogP contribution < -0.4 is 5.32 Å². The molecule has 2 saturated carbocycles. The SMILES string of the molecule is CC1(C)CC1CNC(=O)C1CC1C(=O)O. The minimum Gasteiger partial charge on any atom is -0.481 e. The Bertz CT molecular complexity index is 311. The van der Waals surface area contributed by atoms with Crippen LogP contribution in [0.1, 0.15) is 26.7 Å². The Morgan fingerprint density at radius 3 is 2.40 bits per heavy atom. The fourth-order valence-electron chi connectivity index (χ4n) is 2.04. The molecule has 0 aromatic heterocycles. The van der Waals surface area contributed by atoms with E-state index in [1.807, 2.05) is 0 Å². The van der Waals surface area contributed by atoms with Crippen molar-refractivity contribution in [3.05, 3.63) is 0 Å². The van der Waals surface area contributed by atoms with Crippen molar-refractivity contribution in [2.75, 3.05) is 6.54 Å². The first-order valence-electron chi connectivity index (χ1n) is 5.42. The van der Waals surface area contributed by atoms with Gasteiger partial charge in [-0.2, -0.15) is 0 Å². The zero-order valence-electron chi connectivity index (χ0n) is 9.12.